The maximum absolute atomic E-state index is 11.5. The number of hydrazone groups is 1. The van der Waals surface area contributed by atoms with E-state index in [4.69, 9.17) is 0 Å². The summed E-state index contributed by atoms with van der Waals surface area (Å²) < 4.78 is 0. The predicted molar refractivity (Wildman–Crippen MR) is 68.2 cm³/mol. The van der Waals surface area contributed by atoms with Crippen molar-refractivity contribution >= 4 is 28.9 Å². The molecule has 0 aliphatic heterocycles. The summed E-state index contributed by atoms with van der Waals surface area (Å²) in [6.07, 6.45) is 0.193. The van der Waals surface area contributed by atoms with Gasteiger partial charge in [0, 0.05) is 12.3 Å². The van der Waals surface area contributed by atoms with Gasteiger partial charge in [-0.3, -0.25) is 9.59 Å². The van der Waals surface area contributed by atoms with Crippen molar-refractivity contribution in [2.45, 2.75) is 20.3 Å². The first-order chi connectivity index (χ1) is 8.13. The van der Waals surface area contributed by atoms with E-state index >= 15 is 0 Å². The van der Waals surface area contributed by atoms with Crippen LogP contribution in [0.1, 0.15) is 29.9 Å². The van der Waals surface area contributed by atoms with Gasteiger partial charge in [-0.15, -0.1) is 11.3 Å². The molecule has 0 bridgehead atoms. The van der Waals surface area contributed by atoms with E-state index in [9.17, 15) is 9.59 Å². The van der Waals surface area contributed by atoms with Crippen molar-refractivity contribution < 1.29 is 9.59 Å². The molecule has 0 spiro atoms. The number of hydrogen-bond donors (Lipinski definition) is 2. The van der Waals surface area contributed by atoms with Crippen molar-refractivity contribution in [3.05, 3.63) is 22.4 Å². The monoisotopic (exact) mass is 253 g/mol. The van der Waals surface area contributed by atoms with Gasteiger partial charge in [0.05, 0.1) is 11.3 Å². The standard InChI is InChI=1S/C11H15N3O2S/c1-3-12-10(15)7-8(2)13-14-11(16)9-5-4-6-17-9/h4-6H,3,7H2,1-2H3,(H,12,15)(H,14,16)/b13-8-. The first kappa shape index (κ1) is 13.4. The van der Waals surface area contributed by atoms with E-state index in [1.54, 1.807) is 19.1 Å². The molecule has 0 unspecified atom stereocenters. The Morgan fingerprint density at radius 3 is 2.82 bits per heavy atom. The zero-order valence-electron chi connectivity index (χ0n) is 9.82. The van der Waals surface area contributed by atoms with E-state index in [0.717, 1.165) is 0 Å². The normalized spacial score (nSPS) is 11.1. The minimum Gasteiger partial charge on any atom is -0.356 e. The van der Waals surface area contributed by atoms with Crippen LogP contribution in [-0.2, 0) is 4.79 Å². The lowest BCUT2D eigenvalue weighted by molar-refractivity contribution is -0.119. The molecule has 17 heavy (non-hydrogen) atoms. The fourth-order valence-electron chi connectivity index (χ4n) is 1.14. The molecule has 0 radical (unpaired) electrons. The molecule has 1 aromatic rings. The van der Waals surface area contributed by atoms with Gasteiger partial charge in [-0.25, -0.2) is 5.43 Å². The minimum absolute atomic E-state index is 0.0980. The van der Waals surface area contributed by atoms with Crippen LogP contribution in [0.15, 0.2) is 22.6 Å². The van der Waals surface area contributed by atoms with Gasteiger partial charge >= 0.3 is 0 Å². The molecule has 2 amide bonds. The highest BCUT2D eigenvalue weighted by molar-refractivity contribution is 7.12. The summed E-state index contributed by atoms with van der Waals surface area (Å²) >= 11 is 1.34. The maximum Gasteiger partial charge on any atom is 0.281 e. The highest BCUT2D eigenvalue weighted by Gasteiger charge is 2.06. The van der Waals surface area contributed by atoms with Gasteiger partial charge in [0.25, 0.3) is 5.91 Å². The smallest absolute Gasteiger partial charge is 0.281 e. The average Bonchev–Trinajstić information content (AvgIpc) is 2.79. The molecule has 0 fully saturated rings. The lowest BCUT2D eigenvalue weighted by atomic mass is 10.3. The molecule has 0 saturated heterocycles. The molecule has 2 N–H and O–H groups in total. The summed E-state index contributed by atoms with van der Waals surface area (Å²) in [6.45, 7) is 4.14. The second kappa shape index (κ2) is 6.80. The van der Waals surface area contributed by atoms with Gasteiger partial charge in [-0.1, -0.05) is 6.07 Å². The van der Waals surface area contributed by atoms with Crippen LogP contribution in [0.5, 0.6) is 0 Å². The highest BCUT2D eigenvalue weighted by Crippen LogP contribution is 2.07. The quantitative estimate of drug-likeness (QED) is 0.614. The Hall–Kier alpha value is -1.69. The second-order valence-corrected chi connectivity index (χ2v) is 4.34. The van der Waals surface area contributed by atoms with E-state index in [2.05, 4.69) is 15.8 Å². The van der Waals surface area contributed by atoms with E-state index in [0.29, 0.717) is 17.1 Å². The molecule has 0 aliphatic rings. The van der Waals surface area contributed by atoms with Gasteiger partial charge in [-0.2, -0.15) is 5.10 Å². The van der Waals surface area contributed by atoms with E-state index < -0.39 is 0 Å². The molecule has 1 rings (SSSR count). The molecule has 1 heterocycles. The lowest BCUT2D eigenvalue weighted by Crippen LogP contribution is -2.26. The average molecular weight is 253 g/mol. The third-order valence-electron chi connectivity index (χ3n) is 1.88. The summed E-state index contributed by atoms with van der Waals surface area (Å²) in [4.78, 5) is 23.3. The molecule has 92 valence electrons. The van der Waals surface area contributed by atoms with Gasteiger partial charge < -0.3 is 5.32 Å². The van der Waals surface area contributed by atoms with Gasteiger partial charge in [0.2, 0.25) is 5.91 Å². The molecular formula is C11H15N3O2S. The van der Waals surface area contributed by atoms with Crippen molar-refractivity contribution in [1.82, 2.24) is 10.7 Å². The van der Waals surface area contributed by atoms with Crippen LogP contribution < -0.4 is 10.7 Å². The third-order valence-corrected chi connectivity index (χ3v) is 2.75. The van der Waals surface area contributed by atoms with E-state index in [-0.39, 0.29) is 18.2 Å². The first-order valence-electron chi connectivity index (χ1n) is 5.27. The van der Waals surface area contributed by atoms with Crippen LogP contribution in [0.3, 0.4) is 0 Å². The molecule has 0 saturated carbocycles. The van der Waals surface area contributed by atoms with Crippen LogP contribution in [0.25, 0.3) is 0 Å². The summed E-state index contributed by atoms with van der Waals surface area (Å²) in [6, 6.07) is 3.51. The Balaban J connectivity index is 2.42. The number of hydrogen-bond acceptors (Lipinski definition) is 4. The number of nitrogens with zero attached hydrogens (tertiary/aromatic N) is 1. The Bertz CT molecular complexity index is 412. The molecule has 0 aromatic carbocycles. The molecular weight excluding hydrogens is 238 g/mol. The summed E-state index contributed by atoms with van der Waals surface area (Å²) in [5.41, 5.74) is 2.98. The van der Waals surface area contributed by atoms with Gasteiger partial charge in [-0.05, 0) is 25.3 Å². The van der Waals surface area contributed by atoms with Crippen LogP contribution in [0, 0.1) is 0 Å². The zero-order valence-corrected chi connectivity index (χ0v) is 10.6. The van der Waals surface area contributed by atoms with E-state index in [1.807, 2.05) is 12.3 Å². The molecule has 1 aromatic heterocycles. The Labute approximate surface area is 104 Å². The fraction of sp³-hybridized carbons (Fsp3) is 0.364. The molecule has 0 aliphatic carbocycles. The summed E-state index contributed by atoms with van der Waals surface area (Å²) in [5.74, 6) is -0.352. The maximum atomic E-state index is 11.5. The number of nitrogens with one attached hydrogen (secondary N) is 2. The van der Waals surface area contributed by atoms with Crippen molar-refractivity contribution in [1.29, 1.82) is 0 Å². The SMILES string of the molecule is CCNC(=O)C/C(C)=N\NC(=O)c1cccs1. The molecule has 0 atom stereocenters. The number of carbonyl (C=O) groups excluding carboxylic acids is 2. The highest BCUT2D eigenvalue weighted by atomic mass is 32.1. The Morgan fingerprint density at radius 1 is 1.47 bits per heavy atom. The summed E-state index contributed by atoms with van der Waals surface area (Å²) in [5, 5.41) is 8.35. The topological polar surface area (TPSA) is 70.6 Å². The predicted octanol–water partition coefficient (Wildman–Crippen LogP) is 1.38. The zero-order chi connectivity index (χ0) is 12.7. The number of rotatable bonds is 5. The van der Waals surface area contributed by atoms with E-state index in [1.165, 1.54) is 11.3 Å². The van der Waals surface area contributed by atoms with Crippen LogP contribution in [-0.4, -0.2) is 24.1 Å². The first-order valence-corrected chi connectivity index (χ1v) is 6.15. The Kier molecular flexibility index (Phi) is 5.35. The fourth-order valence-corrected chi connectivity index (χ4v) is 1.75. The number of carbonyl (C=O) groups is 2. The minimum atomic E-state index is -0.254. The largest absolute Gasteiger partial charge is 0.356 e. The van der Waals surface area contributed by atoms with Crippen molar-refractivity contribution in [2.24, 2.45) is 5.10 Å². The second-order valence-electron chi connectivity index (χ2n) is 3.40. The molecule has 6 heteroatoms. The van der Waals surface area contributed by atoms with Crippen LogP contribution >= 0.6 is 11.3 Å². The van der Waals surface area contributed by atoms with Crippen LogP contribution in [0.2, 0.25) is 0 Å². The van der Waals surface area contributed by atoms with Crippen LogP contribution in [0.4, 0.5) is 0 Å². The number of thiophene rings is 1. The third kappa shape index (κ3) is 4.78. The van der Waals surface area contributed by atoms with Crippen molar-refractivity contribution in [3.63, 3.8) is 0 Å². The molecule has 5 nitrogen and oxygen atoms in total. The summed E-state index contributed by atoms with van der Waals surface area (Å²) in [7, 11) is 0. The lowest BCUT2D eigenvalue weighted by Gasteiger charge is -2.02. The van der Waals surface area contributed by atoms with Gasteiger partial charge in [0.15, 0.2) is 0 Å². The van der Waals surface area contributed by atoms with Crippen molar-refractivity contribution in [2.75, 3.05) is 6.54 Å². The Morgan fingerprint density at radius 2 is 2.24 bits per heavy atom. The van der Waals surface area contributed by atoms with Crippen molar-refractivity contribution in [3.8, 4) is 0 Å². The van der Waals surface area contributed by atoms with Gasteiger partial charge in [0.1, 0.15) is 0 Å². The number of amides is 2.